The second kappa shape index (κ2) is 10.8. The lowest BCUT2D eigenvalue weighted by Crippen LogP contribution is -2.42. The van der Waals surface area contributed by atoms with Gasteiger partial charge in [-0.1, -0.05) is 41.9 Å². The number of halogens is 1. The lowest BCUT2D eigenvalue weighted by molar-refractivity contribution is 0.0972. The van der Waals surface area contributed by atoms with E-state index < -0.39 is 0 Å². The molecule has 0 saturated carbocycles. The molecular formula is C24H23ClN2O3S. The van der Waals surface area contributed by atoms with Gasteiger partial charge in [0.1, 0.15) is 11.5 Å². The van der Waals surface area contributed by atoms with Gasteiger partial charge < -0.3 is 14.4 Å². The van der Waals surface area contributed by atoms with Gasteiger partial charge in [0.05, 0.1) is 14.2 Å². The highest BCUT2D eigenvalue weighted by atomic mass is 35.5. The summed E-state index contributed by atoms with van der Waals surface area (Å²) in [4.78, 5) is 14.6. The number of hydrogen-bond acceptors (Lipinski definition) is 4. The summed E-state index contributed by atoms with van der Waals surface area (Å²) < 4.78 is 10.5. The maximum Gasteiger partial charge on any atom is 0.257 e. The molecular weight excluding hydrogens is 432 g/mol. The molecule has 0 aromatic heterocycles. The minimum atomic E-state index is -0.304. The zero-order valence-corrected chi connectivity index (χ0v) is 18.9. The van der Waals surface area contributed by atoms with E-state index in [1.807, 2.05) is 53.4 Å². The molecule has 3 aromatic rings. The van der Waals surface area contributed by atoms with Crippen molar-refractivity contribution in [1.82, 2.24) is 10.2 Å². The molecule has 0 aliphatic carbocycles. The first-order valence-corrected chi connectivity index (χ1v) is 10.4. The van der Waals surface area contributed by atoms with Crippen LogP contribution in [-0.4, -0.2) is 30.1 Å². The van der Waals surface area contributed by atoms with Crippen LogP contribution in [0.1, 0.15) is 21.5 Å². The van der Waals surface area contributed by atoms with Gasteiger partial charge in [0.25, 0.3) is 5.91 Å². The molecule has 0 saturated heterocycles. The molecule has 1 amide bonds. The van der Waals surface area contributed by atoms with Crippen molar-refractivity contribution in [2.24, 2.45) is 0 Å². The Balaban J connectivity index is 1.78. The zero-order chi connectivity index (χ0) is 22.2. The van der Waals surface area contributed by atoms with Crippen molar-refractivity contribution in [3.8, 4) is 11.5 Å². The Morgan fingerprint density at radius 2 is 1.42 bits per heavy atom. The van der Waals surface area contributed by atoms with Crippen molar-refractivity contribution in [3.05, 3.63) is 94.5 Å². The number of benzene rings is 3. The van der Waals surface area contributed by atoms with Crippen LogP contribution < -0.4 is 14.8 Å². The smallest absolute Gasteiger partial charge is 0.257 e. The Kier molecular flexibility index (Phi) is 7.87. The molecule has 0 heterocycles. The van der Waals surface area contributed by atoms with Crippen LogP contribution in [0.2, 0.25) is 5.02 Å². The third-order valence-corrected chi connectivity index (χ3v) is 5.25. The minimum absolute atomic E-state index is 0.304. The fourth-order valence-electron chi connectivity index (χ4n) is 2.98. The van der Waals surface area contributed by atoms with Crippen molar-refractivity contribution in [2.75, 3.05) is 14.2 Å². The first-order valence-electron chi connectivity index (χ1n) is 9.60. The highest BCUT2D eigenvalue weighted by Crippen LogP contribution is 2.17. The monoisotopic (exact) mass is 454 g/mol. The largest absolute Gasteiger partial charge is 0.497 e. The van der Waals surface area contributed by atoms with Gasteiger partial charge in [0.2, 0.25) is 0 Å². The number of carbonyl (C=O) groups is 1. The molecule has 0 atom stereocenters. The summed E-state index contributed by atoms with van der Waals surface area (Å²) >= 11 is 11.6. The van der Waals surface area contributed by atoms with Crippen LogP contribution in [0.5, 0.6) is 11.5 Å². The maximum absolute atomic E-state index is 12.7. The number of rotatable bonds is 7. The van der Waals surface area contributed by atoms with Gasteiger partial charge in [0.15, 0.2) is 5.11 Å². The van der Waals surface area contributed by atoms with Crippen molar-refractivity contribution >= 4 is 34.8 Å². The first-order chi connectivity index (χ1) is 15.0. The van der Waals surface area contributed by atoms with E-state index in [-0.39, 0.29) is 5.91 Å². The summed E-state index contributed by atoms with van der Waals surface area (Å²) in [6.07, 6.45) is 0. The van der Waals surface area contributed by atoms with Crippen molar-refractivity contribution in [2.45, 2.75) is 13.1 Å². The number of amides is 1. The second-order valence-corrected chi connectivity index (χ2v) is 7.64. The number of hydrogen-bond donors (Lipinski definition) is 1. The normalized spacial score (nSPS) is 10.3. The van der Waals surface area contributed by atoms with E-state index in [4.69, 9.17) is 33.3 Å². The minimum Gasteiger partial charge on any atom is -0.497 e. The average molecular weight is 455 g/mol. The summed E-state index contributed by atoms with van der Waals surface area (Å²) in [5.74, 6) is 1.26. The average Bonchev–Trinajstić information content (AvgIpc) is 2.79. The van der Waals surface area contributed by atoms with Crippen molar-refractivity contribution in [3.63, 3.8) is 0 Å². The van der Waals surface area contributed by atoms with E-state index in [0.717, 1.165) is 22.6 Å². The van der Waals surface area contributed by atoms with Gasteiger partial charge in [-0.25, -0.2) is 0 Å². The lowest BCUT2D eigenvalue weighted by Gasteiger charge is -2.26. The quantitative estimate of drug-likeness (QED) is 0.505. The molecule has 0 aliphatic rings. The number of nitrogens with one attached hydrogen (secondary N) is 1. The van der Waals surface area contributed by atoms with Crippen molar-refractivity contribution in [1.29, 1.82) is 0 Å². The van der Waals surface area contributed by atoms with Gasteiger partial charge in [-0.3, -0.25) is 10.1 Å². The lowest BCUT2D eigenvalue weighted by atomic mass is 10.1. The number of carbonyl (C=O) groups excluding carboxylic acids is 1. The third-order valence-electron chi connectivity index (χ3n) is 4.66. The molecule has 160 valence electrons. The Labute approximate surface area is 192 Å². The van der Waals surface area contributed by atoms with Crippen LogP contribution in [0.3, 0.4) is 0 Å². The van der Waals surface area contributed by atoms with E-state index in [2.05, 4.69) is 5.32 Å². The van der Waals surface area contributed by atoms with E-state index in [0.29, 0.717) is 28.8 Å². The summed E-state index contributed by atoms with van der Waals surface area (Å²) in [6.45, 7) is 1.04. The summed E-state index contributed by atoms with van der Waals surface area (Å²) in [6, 6.07) is 22.2. The number of nitrogens with zero attached hydrogens (tertiary/aromatic N) is 1. The zero-order valence-electron chi connectivity index (χ0n) is 17.3. The predicted molar refractivity (Wildman–Crippen MR) is 127 cm³/mol. The number of methoxy groups -OCH3 is 2. The molecule has 0 fully saturated rings. The number of thiocarbonyl (C=S) groups is 1. The summed E-state index contributed by atoms with van der Waals surface area (Å²) in [5, 5.41) is 3.64. The Morgan fingerprint density at radius 1 is 0.903 bits per heavy atom. The van der Waals surface area contributed by atoms with Crippen LogP contribution in [0.25, 0.3) is 0 Å². The highest BCUT2D eigenvalue weighted by Gasteiger charge is 2.16. The van der Waals surface area contributed by atoms with E-state index >= 15 is 0 Å². The van der Waals surface area contributed by atoms with Crippen LogP contribution >= 0.6 is 23.8 Å². The predicted octanol–water partition coefficient (Wildman–Crippen LogP) is 5.07. The van der Waals surface area contributed by atoms with Crippen LogP contribution in [0, 0.1) is 0 Å². The highest BCUT2D eigenvalue weighted by molar-refractivity contribution is 7.80. The van der Waals surface area contributed by atoms with Gasteiger partial charge >= 0.3 is 0 Å². The Morgan fingerprint density at radius 3 is 1.87 bits per heavy atom. The molecule has 7 heteroatoms. The molecule has 1 N–H and O–H groups in total. The Bertz CT molecular complexity index is 990. The molecule has 0 unspecified atom stereocenters. The van der Waals surface area contributed by atoms with Gasteiger partial charge in [-0.15, -0.1) is 0 Å². The molecule has 31 heavy (non-hydrogen) atoms. The van der Waals surface area contributed by atoms with Crippen LogP contribution in [0.15, 0.2) is 72.8 Å². The molecule has 0 aliphatic heterocycles. The molecule has 5 nitrogen and oxygen atoms in total. The first kappa shape index (κ1) is 22.6. The van der Waals surface area contributed by atoms with Crippen LogP contribution in [0.4, 0.5) is 0 Å². The topological polar surface area (TPSA) is 50.8 Å². The van der Waals surface area contributed by atoms with Crippen LogP contribution in [-0.2, 0) is 13.1 Å². The van der Waals surface area contributed by atoms with E-state index in [1.54, 1.807) is 38.5 Å². The fourth-order valence-corrected chi connectivity index (χ4v) is 3.39. The van der Waals surface area contributed by atoms with Gasteiger partial charge in [0, 0.05) is 23.7 Å². The number of ether oxygens (including phenoxy) is 2. The molecule has 0 spiro atoms. The molecule has 3 rings (SSSR count). The maximum atomic E-state index is 12.7. The van der Waals surface area contributed by atoms with Gasteiger partial charge in [-0.2, -0.15) is 0 Å². The standard InChI is InChI=1S/C24H23ClN2O3S/c1-29-21-10-6-17(7-11-21)15-27(16-18-8-12-22(30-2)13-9-18)24(31)26-23(28)19-4-3-5-20(25)14-19/h3-14H,15-16H2,1-2H3,(H,26,28,31). The third kappa shape index (κ3) is 6.44. The van der Waals surface area contributed by atoms with Gasteiger partial charge in [-0.05, 0) is 65.8 Å². The summed E-state index contributed by atoms with van der Waals surface area (Å²) in [5.41, 5.74) is 2.52. The Hall–Kier alpha value is -3.09. The van der Waals surface area contributed by atoms with E-state index in [1.165, 1.54) is 0 Å². The molecule has 0 bridgehead atoms. The fraction of sp³-hybridized carbons (Fsp3) is 0.167. The van der Waals surface area contributed by atoms with Crippen molar-refractivity contribution < 1.29 is 14.3 Å². The summed E-state index contributed by atoms with van der Waals surface area (Å²) in [7, 11) is 3.26. The van der Waals surface area contributed by atoms with E-state index in [9.17, 15) is 4.79 Å². The molecule has 3 aromatic carbocycles. The SMILES string of the molecule is COc1ccc(CN(Cc2ccc(OC)cc2)C(=S)NC(=O)c2cccc(Cl)c2)cc1. The second-order valence-electron chi connectivity index (χ2n) is 6.82. The molecule has 0 radical (unpaired) electrons.